The lowest BCUT2D eigenvalue weighted by atomic mass is 9.87. The lowest BCUT2D eigenvalue weighted by Crippen LogP contribution is -2.47. The van der Waals surface area contributed by atoms with Crippen LogP contribution < -0.4 is 10.6 Å². The average Bonchev–Trinajstić information content (AvgIpc) is 2.39. The van der Waals surface area contributed by atoms with Crippen molar-refractivity contribution in [1.82, 2.24) is 10.6 Å². The highest BCUT2D eigenvalue weighted by Gasteiger charge is 2.32. The van der Waals surface area contributed by atoms with Gasteiger partial charge in [-0.25, -0.2) is 0 Å². The average molecular weight is 272 g/mol. The van der Waals surface area contributed by atoms with Crippen molar-refractivity contribution in [3.63, 3.8) is 0 Å². The van der Waals surface area contributed by atoms with E-state index in [0.29, 0.717) is 19.4 Å². The second-order valence-corrected chi connectivity index (χ2v) is 5.02. The first-order chi connectivity index (χ1) is 8.85. The highest BCUT2D eigenvalue weighted by atomic mass is 16.3. The molecule has 4 N–H and O–H groups in total. The van der Waals surface area contributed by atoms with Crippen LogP contribution in [0.5, 0.6) is 0 Å². The van der Waals surface area contributed by atoms with Gasteiger partial charge in [0, 0.05) is 24.9 Å². The fourth-order valence-electron chi connectivity index (χ4n) is 1.25. The van der Waals surface area contributed by atoms with E-state index in [1.54, 1.807) is 19.9 Å². The van der Waals surface area contributed by atoms with Crippen LogP contribution in [0.15, 0.2) is 12.7 Å². The predicted molar refractivity (Wildman–Crippen MR) is 72.3 cm³/mol. The third kappa shape index (κ3) is 6.93. The van der Waals surface area contributed by atoms with Crippen LogP contribution in [0, 0.1) is 5.41 Å². The summed E-state index contributed by atoms with van der Waals surface area (Å²) in [6.45, 7) is 6.94. The van der Waals surface area contributed by atoms with Crippen LogP contribution in [-0.4, -0.2) is 47.8 Å². The molecule has 0 aromatic rings. The summed E-state index contributed by atoms with van der Waals surface area (Å²) in [5.41, 5.74) is -0.892. The molecule has 0 aliphatic carbocycles. The molecular weight excluding hydrogens is 248 g/mol. The van der Waals surface area contributed by atoms with Crippen LogP contribution in [0.3, 0.4) is 0 Å². The van der Waals surface area contributed by atoms with Gasteiger partial charge in [0.05, 0.1) is 6.61 Å². The zero-order valence-corrected chi connectivity index (χ0v) is 11.6. The molecule has 0 aromatic heterocycles. The molecule has 0 rings (SSSR count). The first-order valence-corrected chi connectivity index (χ1v) is 6.29. The van der Waals surface area contributed by atoms with Gasteiger partial charge in [-0.3, -0.25) is 9.59 Å². The van der Waals surface area contributed by atoms with E-state index >= 15 is 0 Å². The summed E-state index contributed by atoms with van der Waals surface area (Å²) in [6.07, 6.45) is 1.36. The van der Waals surface area contributed by atoms with E-state index < -0.39 is 17.4 Å². The van der Waals surface area contributed by atoms with Gasteiger partial charge in [0.2, 0.25) is 11.8 Å². The number of carbonyl (C=O) groups is 2. The maximum atomic E-state index is 11.6. The van der Waals surface area contributed by atoms with Crippen LogP contribution >= 0.6 is 0 Å². The van der Waals surface area contributed by atoms with Gasteiger partial charge in [0.15, 0.2) is 0 Å². The van der Waals surface area contributed by atoms with E-state index in [1.807, 2.05) is 0 Å². The lowest BCUT2D eigenvalue weighted by Gasteiger charge is -2.27. The second-order valence-electron chi connectivity index (χ2n) is 5.02. The molecule has 0 bridgehead atoms. The summed E-state index contributed by atoms with van der Waals surface area (Å²) in [6, 6.07) is 0. The number of hydrogen-bond acceptors (Lipinski definition) is 4. The maximum Gasteiger partial charge on any atom is 0.249 e. The molecule has 6 heteroatoms. The number of aliphatic hydroxyl groups excluding tert-OH is 2. The smallest absolute Gasteiger partial charge is 0.249 e. The summed E-state index contributed by atoms with van der Waals surface area (Å²) in [7, 11) is 0. The van der Waals surface area contributed by atoms with Crippen molar-refractivity contribution in [1.29, 1.82) is 0 Å². The van der Waals surface area contributed by atoms with E-state index in [-0.39, 0.29) is 19.1 Å². The monoisotopic (exact) mass is 272 g/mol. The number of allylic oxidation sites excluding steroid dienone is 1. The Morgan fingerprint density at radius 2 is 1.89 bits per heavy atom. The first-order valence-electron chi connectivity index (χ1n) is 6.29. The quantitative estimate of drug-likeness (QED) is 0.338. The Hall–Kier alpha value is -1.40. The van der Waals surface area contributed by atoms with E-state index in [2.05, 4.69) is 17.2 Å². The van der Waals surface area contributed by atoms with Crippen molar-refractivity contribution in [2.75, 3.05) is 19.7 Å². The maximum absolute atomic E-state index is 11.6. The molecule has 0 spiro atoms. The summed E-state index contributed by atoms with van der Waals surface area (Å²) < 4.78 is 0. The fraction of sp³-hybridized carbons (Fsp3) is 0.692. The van der Waals surface area contributed by atoms with Crippen molar-refractivity contribution >= 4 is 11.8 Å². The van der Waals surface area contributed by atoms with E-state index in [0.717, 1.165) is 0 Å². The van der Waals surface area contributed by atoms with E-state index in [4.69, 9.17) is 5.11 Å². The van der Waals surface area contributed by atoms with E-state index in [1.165, 1.54) is 0 Å². The van der Waals surface area contributed by atoms with Crippen LogP contribution in [0.4, 0.5) is 0 Å². The Morgan fingerprint density at radius 1 is 1.32 bits per heavy atom. The number of carbonyl (C=O) groups excluding carboxylic acids is 2. The van der Waals surface area contributed by atoms with Gasteiger partial charge in [-0.2, -0.15) is 0 Å². The SMILES string of the molecule is C=CCCC(=O)NCCNC(=O)[C@H](O)C(C)(C)CO. The number of rotatable bonds is 9. The summed E-state index contributed by atoms with van der Waals surface area (Å²) in [5.74, 6) is -0.662. The standard InChI is InChI=1S/C13H24N2O4/c1-4-5-6-10(17)14-7-8-15-12(19)11(18)13(2,3)9-16/h4,11,16,18H,1,5-9H2,2-3H3,(H,14,17)(H,15,19)/t11-/m0/s1. The Morgan fingerprint density at radius 3 is 2.42 bits per heavy atom. The largest absolute Gasteiger partial charge is 0.396 e. The summed E-state index contributed by atoms with van der Waals surface area (Å²) in [4.78, 5) is 22.8. The highest BCUT2D eigenvalue weighted by molar-refractivity contribution is 5.81. The summed E-state index contributed by atoms with van der Waals surface area (Å²) >= 11 is 0. The van der Waals surface area contributed by atoms with Crippen molar-refractivity contribution in [3.8, 4) is 0 Å². The number of amides is 2. The van der Waals surface area contributed by atoms with Crippen molar-refractivity contribution in [2.45, 2.75) is 32.8 Å². The molecular formula is C13H24N2O4. The zero-order chi connectivity index (χ0) is 14.9. The van der Waals surface area contributed by atoms with Gasteiger partial charge in [-0.1, -0.05) is 19.9 Å². The molecule has 0 heterocycles. The highest BCUT2D eigenvalue weighted by Crippen LogP contribution is 2.19. The van der Waals surface area contributed by atoms with Gasteiger partial charge in [-0.15, -0.1) is 6.58 Å². The van der Waals surface area contributed by atoms with Gasteiger partial charge < -0.3 is 20.8 Å². The molecule has 0 saturated heterocycles. The zero-order valence-electron chi connectivity index (χ0n) is 11.6. The molecule has 0 aliphatic heterocycles. The Bertz CT molecular complexity index is 316. The van der Waals surface area contributed by atoms with Crippen LogP contribution in [0.1, 0.15) is 26.7 Å². The van der Waals surface area contributed by atoms with Crippen molar-refractivity contribution < 1.29 is 19.8 Å². The molecule has 0 saturated carbocycles. The Kier molecular flexibility index (Phi) is 8.02. The molecule has 110 valence electrons. The molecule has 19 heavy (non-hydrogen) atoms. The number of nitrogens with one attached hydrogen (secondary N) is 2. The van der Waals surface area contributed by atoms with Gasteiger partial charge >= 0.3 is 0 Å². The number of aliphatic hydroxyl groups is 2. The van der Waals surface area contributed by atoms with E-state index in [9.17, 15) is 14.7 Å². The Labute approximate surface area is 113 Å². The molecule has 6 nitrogen and oxygen atoms in total. The van der Waals surface area contributed by atoms with Crippen LogP contribution in [-0.2, 0) is 9.59 Å². The predicted octanol–water partition coefficient (Wildman–Crippen LogP) is -0.436. The topological polar surface area (TPSA) is 98.7 Å². The lowest BCUT2D eigenvalue weighted by molar-refractivity contribution is -0.137. The van der Waals surface area contributed by atoms with Gasteiger partial charge in [0.25, 0.3) is 0 Å². The van der Waals surface area contributed by atoms with Gasteiger partial charge in [-0.05, 0) is 6.42 Å². The minimum Gasteiger partial charge on any atom is -0.396 e. The van der Waals surface area contributed by atoms with Crippen molar-refractivity contribution in [2.24, 2.45) is 5.41 Å². The minimum atomic E-state index is -1.28. The Balaban J connectivity index is 3.86. The molecule has 0 radical (unpaired) electrons. The molecule has 0 fully saturated rings. The fourth-order valence-corrected chi connectivity index (χ4v) is 1.25. The third-order valence-corrected chi connectivity index (χ3v) is 2.72. The minimum absolute atomic E-state index is 0.106. The molecule has 1 atom stereocenters. The summed E-state index contributed by atoms with van der Waals surface area (Å²) in [5, 5.41) is 23.9. The second kappa shape index (κ2) is 8.66. The van der Waals surface area contributed by atoms with Crippen LogP contribution in [0.25, 0.3) is 0 Å². The molecule has 0 aromatic carbocycles. The molecule has 0 unspecified atom stereocenters. The third-order valence-electron chi connectivity index (χ3n) is 2.72. The molecule has 0 aliphatic rings. The van der Waals surface area contributed by atoms with Crippen molar-refractivity contribution in [3.05, 3.63) is 12.7 Å². The van der Waals surface area contributed by atoms with Gasteiger partial charge in [0.1, 0.15) is 6.10 Å². The molecule has 2 amide bonds. The number of hydrogen-bond donors (Lipinski definition) is 4. The first kappa shape index (κ1) is 17.6. The van der Waals surface area contributed by atoms with Crippen LogP contribution in [0.2, 0.25) is 0 Å². The normalized spacial score (nSPS) is 12.6.